The van der Waals surface area contributed by atoms with Crippen LogP contribution in [0.5, 0.6) is 0 Å². The zero-order valence-electron chi connectivity index (χ0n) is 40.8. The Morgan fingerprint density at radius 3 is 1.61 bits per heavy atom. The Balaban J connectivity index is 0.696. The number of pyridine rings is 2. The number of unbranched alkanes of at least 4 members (excludes halogenated alkanes) is 3. The van der Waals surface area contributed by atoms with Gasteiger partial charge in [-0.3, -0.25) is 9.59 Å². The van der Waals surface area contributed by atoms with Crippen molar-refractivity contribution in [2.75, 3.05) is 90.3 Å². The number of aromatic nitrogens is 6. The van der Waals surface area contributed by atoms with Crippen LogP contribution in [0.3, 0.4) is 0 Å². The summed E-state index contributed by atoms with van der Waals surface area (Å²) in [6.45, 7) is 10.1. The fraction of sp³-hybridized carbons (Fsp3) is 0.520. The number of hydrogen-bond acceptors (Lipinski definition) is 12. The van der Waals surface area contributed by atoms with Gasteiger partial charge in [-0.25, -0.2) is 29.5 Å². The molecule has 1 fully saturated rings. The standard InChI is InChI=1S/C50H70N14O6/c1-3-5-17-39-59-43-45(35-13-7-9-15-37(35)57-47(43)51)63(39)29-33-69-31-23-55-49(67)54-22-21-53-41(65)19-11-12-20-42(66)61-25-27-62(28-26-61)50(68)56-24-32-70-34-30-64-40(18-6-4-2)60-44-46(64)36-14-8-10-16-38(36)58-48(44)52/h7-10,13-16H,3-6,11-12,17-34H2,1-2H3,(H2,51,57)(H2,52,58)(H,53,65)(H,56,68)(H2,54,55,67). The van der Waals surface area contributed by atoms with E-state index in [1.165, 1.54) is 0 Å². The van der Waals surface area contributed by atoms with E-state index in [0.29, 0.717) is 121 Å². The van der Waals surface area contributed by atoms with Crippen LogP contribution in [0.4, 0.5) is 21.2 Å². The molecule has 8 N–H and O–H groups in total. The number of nitrogens with one attached hydrogen (secondary N) is 4. The molecule has 1 aliphatic heterocycles. The number of amides is 6. The first kappa shape index (κ1) is 51.1. The van der Waals surface area contributed by atoms with Crippen LogP contribution >= 0.6 is 0 Å². The largest absolute Gasteiger partial charge is 0.382 e. The second-order valence-electron chi connectivity index (χ2n) is 17.6. The summed E-state index contributed by atoms with van der Waals surface area (Å²) in [5.74, 6) is 2.64. The van der Waals surface area contributed by atoms with Crippen molar-refractivity contribution < 1.29 is 28.7 Å². The monoisotopic (exact) mass is 963 g/mol. The first-order chi connectivity index (χ1) is 34.2. The molecule has 0 atom stereocenters. The third-order valence-corrected chi connectivity index (χ3v) is 12.6. The van der Waals surface area contributed by atoms with E-state index in [9.17, 15) is 19.2 Å². The number of fused-ring (bicyclic) bond motifs is 6. The van der Waals surface area contributed by atoms with Crippen LogP contribution in [0.15, 0.2) is 48.5 Å². The molecule has 4 aromatic heterocycles. The van der Waals surface area contributed by atoms with Gasteiger partial charge in [0.05, 0.1) is 48.5 Å². The Kier molecular flexibility index (Phi) is 18.8. The van der Waals surface area contributed by atoms with Crippen molar-refractivity contribution in [1.82, 2.24) is 60.1 Å². The van der Waals surface area contributed by atoms with Gasteiger partial charge in [0.15, 0.2) is 11.6 Å². The molecule has 2 aromatic carbocycles. The average molecular weight is 963 g/mol. The van der Waals surface area contributed by atoms with Gasteiger partial charge in [-0.2, -0.15) is 0 Å². The molecule has 0 spiro atoms. The van der Waals surface area contributed by atoms with Gasteiger partial charge in [-0.1, -0.05) is 63.1 Å². The topological polar surface area (TPSA) is 255 Å². The predicted molar refractivity (Wildman–Crippen MR) is 272 cm³/mol. The van der Waals surface area contributed by atoms with E-state index in [1.54, 1.807) is 9.80 Å². The van der Waals surface area contributed by atoms with E-state index >= 15 is 0 Å². The number of nitrogens with zero attached hydrogens (tertiary/aromatic N) is 8. The molecular formula is C50H70N14O6. The number of urea groups is 2. The Hall–Kier alpha value is -6.80. The molecule has 5 heterocycles. The van der Waals surface area contributed by atoms with Crippen LogP contribution in [0.2, 0.25) is 0 Å². The van der Waals surface area contributed by atoms with Gasteiger partial charge in [-0.15, -0.1) is 0 Å². The maximum Gasteiger partial charge on any atom is 0.317 e. The quantitative estimate of drug-likeness (QED) is 0.0398. The maximum atomic E-state index is 12.9. The minimum Gasteiger partial charge on any atom is -0.382 e. The number of ether oxygens (including phenoxy) is 2. The van der Waals surface area contributed by atoms with Gasteiger partial charge in [0.25, 0.3) is 0 Å². The van der Waals surface area contributed by atoms with Crippen LogP contribution in [-0.2, 0) is 45.0 Å². The molecule has 376 valence electrons. The number of hydrogen-bond donors (Lipinski definition) is 6. The van der Waals surface area contributed by atoms with Gasteiger partial charge in [0.1, 0.15) is 22.7 Å². The van der Waals surface area contributed by atoms with Crippen LogP contribution in [0.25, 0.3) is 43.9 Å². The number of piperazine rings is 1. The highest BCUT2D eigenvalue weighted by Gasteiger charge is 2.24. The zero-order valence-corrected chi connectivity index (χ0v) is 40.8. The summed E-state index contributed by atoms with van der Waals surface area (Å²) in [5.41, 5.74) is 17.7. The lowest BCUT2D eigenvalue weighted by molar-refractivity contribution is -0.133. The highest BCUT2D eigenvalue weighted by atomic mass is 16.5. The summed E-state index contributed by atoms with van der Waals surface area (Å²) >= 11 is 0. The molecule has 7 rings (SSSR count). The molecule has 6 amide bonds. The summed E-state index contributed by atoms with van der Waals surface area (Å²) in [6.07, 6.45) is 7.55. The lowest BCUT2D eigenvalue weighted by Gasteiger charge is -2.34. The van der Waals surface area contributed by atoms with E-state index in [1.807, 2.05) is 48.5 Å². The van der Waals surface area contributed by atoms with Crippen molar-refractivity contribution in [1.29, 1.82) is 0 Å². The lowest BCUT2D eigenvalue weighted by atomic mass is 10.1. The third-order valence-electron chi connectivity index (χ3n) is 12.6. The molecule has 70 heavy (non-hydrogen) atoms. The first-order valence-corrected chi connectivity index (χ1v) is 25.0. The number of nitrogens with two attached hydrogens (primary N) is 2. The van der Waals surface area contributed by atoms with E-state index in [0.717, 1.165) is 83.0 Å². The SMILES string of the molecule is CCCCc1nc2c(N)nc3ccccc3c2n1CCOCCNC(=O)NCCNC(=O)CCCCC(=O)N1CCN(C(=O)NCCOCCn2c(CCCC)nc3c(N)nc4ccccc4c32)CC1. The van der Waals surface area contributed by atoms with Gasteiger partial charge in [-0.05, 0) is 37.8 Å². The molecule has 6 aromatic rings. The van der Waals surface area contributed by atoms with Crippen molar-refractivity contribution in [2.45, 2.75) is 91.1 Å². The summed E-state index contributed by atoms with van der Waals surface area (Å²) < 4.78 is 16.2. The zero-order chi connectivity index (χ0) is 49.2. The average Bonchev–Trinajstić information content (AvgIpc) is 3.94. The van der Waals surface area contributed by atoms with Crippen molar-refractivity contribution in [3.8, 4) is 0 Å². The normalized spacial score (nSPS) is 12.9. The van der Waals surface area contributed by atoms with Gasteiger partial charge < -0.3 is 61.1 Å². The summed E-state index contributed by atoms with van der Waals surface area (Å²) in [7, 11) is 0. The number of imidazole rings is 2. The van der Waals surface area contributed by atoms with Crippen molar-refractivity contribution >= 4 is 79.4 Å². The molecule has 20 heteroatoms. The molecule has 20 nitrogen and oxygen atoms in total. The van der Waals surface area contributed by atoms with Crippen LogP contribution in [-0.4, -0.2) is 142 Å². The number of para-hydroxylation sites is 2. The number of rotatable bonds is 26. The number of benzene rings is 2. The van der Waals surface area contributed by atoms with Gasteiger partial charge in [0.2, 0.25) is 11.8 Å². The number of nitrogen functional groups attached to an aromatic ring is 2. The fourth-order valence-corrected chi connectivity index (χ4v) is 8.85. The Morgan fingerprint density at radius 2 is 1.06 bits per heavy atom. The van der Waals surface area contributed by atoms with Crippen LogP contribution in [0.1, 0.15) is 76.9 Å². The van der Waals surface area contributed by atoms with Crippen LogP contribution < -0.4 is 32.7 Å². The Morgan fingerprint density at radius 1 is 0.571 bits per heavy atom. The molecule has 0 saturated carbocycles. The molecule has 0 radical (unpaired) electrons. The van der Waals surface area contributed by atoms with Crippen molar-refractivity contribution in [3.63, 3.8) is 0 Å². The smallest absolute Gasteiger partial charge is 0.317 e. The number of aryl methyl sites for hydroxylation is 2. The highest BCUT2D eigenvalue weighted by Crippen LogP contribution is 2.31. The minimum atomic E-state index is -0.345. The number of carbonyl (C=O) groups excluding carboxylic acids is 4. The summed E-state index contributed by atoms with van der Waals surface area (Å²) in [4.78, 5) is 72.9. The van der Waals surface area contributed by atoms with E-state index in [2.05, 4.69) is 54.2 Å². The summed E-state index contributed by atoms with van der Waals surface area (Å²) in [6, 6.07) is 15.3. The minimum absolute atomic E-state index is 0.0189. The molecule has 1 saturated heterocycles. The molecule has 0 bridgehead atoms. The van der Waals surface area contributed by atoms with Crippen LogP contribution in [0, 0.1) is 0 Å². The van der Waals surface area contributed by atoms with E-state index in [4.69, 9.17) is 30.9 Å². The Labute approximate surface area is 408 Å². The molecule has 0 aliphatic carbocycles. The highest BCUT2D eigenvalue weighted by molar-refractivity contribution is 6.07. The molecular weight excluding hydrogens is 893 g/mol. The maximum absolute atomic E-state index is 12.9. The first-order valence-electron chi connectivity index (χ1n) is 25.0. The fourth-order valence-electron chi connectivity index (χ4n) is 8.85. The van der Waals surface area contributed by atoms with Gasteiger partial charge in [0, 0.05) is 102 Å². The van der Waals surface area contributed by atoms with Crippen molar-refractivity contribution in [2.24, 2.45) is 0 Å². The van der Waals surface area contributed by atoms with Gasteiger partial charge >= 0.3 is 12.1 Å². The molecule has 1 aliphatic rings. The van der Waals surface area contributed by atoms with Crippen molar-refractivity contribution in [3.05, 3.63) is 60.2 Å². The van der Waals surface area contributed by atoms with E-state index in [-0.39, 0.29) is 43.4 Å². The number of carbonyl (C=O) groups is 4. The lowest BCUT2D eigenvalue weighted by Crippen LogP contribution is -2.53. The van der Waals surface area contributed by atoms with E-state index < -0.39 is 0 Å². The third kappa shape index (κ3) is 13.3. The number of anilines is 2. The second kappa shape index (κ2) is 25.7. The Bertz CT molecular complexity index is 2710. The summed E-state index contributed by atoms with van der Waals surface area (Å²) in [5, 5.41) is 13.3. The molecule has 0 unspecified atom stereocenters. The predicted octanol–water partition coefficient (Wildman–Crippen LogP) is 4.90. The second-order valence-corrected chi connectivity index (χ2v) is 17.6.